The van der Waals surface area contributed by atoms with Crippen LogP contribution in [0.3, 0.4) is 0 Å². The van der Waals surface area contributed by atoms with Gasteiger partial charge in [-0.3, -0.25) is 9.59 Å². The third-order valence-corrected chi connectivity index (χ3v) is 5.51. The van der Waals surface area contributed by atoms with Crippen LogP contribution in [0.15, 0.2) is 78.9 Å². The summed E-state index contributed by atoms with van der Waals surface area (Å²) in [7, 11) is 0. The van der Waals surface area contributed by atoms with Crippen LogP contribution in [0.25, 0.3) is 0 Å². The van der Waals surface area contributed by atoms with Gasteiger partial charge in [0, 0.05) is 30.1 Å². The van der Waals surface area contributed by atoms with Crippen LogP contribution in [0.5, 0.6) is 5.75 Å². The van der Waals surface area contributed by atoms with Crippen LogP contribution in [-0.2, 0) is 22.6 Å². The zero-order valence-corrected chi connectivity index (χ0v) is 19.8. The van der Waals surface area contributed by atoms with Gasteiger partial charge < -0.3 is 15.0 Å². The predicted octanol–water partition coefficient (Wildman–Crippen LogP) is 5.02. The van der Waals surface area contributed by atoms with Crippen molar-refractivity contribution in [1.82, 2.24) is 10.2 Å². The van der Waals surface area contributed by atoms with Crippen molar-refractivity contribution in [3.63, 3.8) is 0 Å². The first kappa shape index (κ1) is 25.2. The molecule has 1 N–H and O–H groups in total. The molecular weight excluding hydrogens is 455 g/mol. The summed E-state index contributed by atoms with van der Waals surface area (Å²) >= 11 is 6.01. The monoisotopic (exact) mass is 482 g/mol. The highest BCUT2D eigenvalue weighted by molar-refractivity contribution is 6.30. The molecule has 0 radical (unpaired) electrons. The molecule has 178 valence electrons. The molecular formula is C27H28ClFN2O3. The Hall–Kier alpha value is -3.38. The molecule has 0 spiro atoms. The summed E-state index contributed by atoms with van der Waals surface area (Å²) < 4.78 is 20.2. The number of carbonyl (C=O) groups is 2. The second-order valence-electron chi connectivity index (χ2n) is 7.86. The molecule has 5 nitrogen and oxygen atoms in total. The van der Waals surface area contributed by atoms with Crippen LogP contribution in [0, 0.1) is 5.82 Å². The van der Waals surface area contributed by atoms with Gasteiger partial charge in [0.05, 0.1) is 0 Å². The zero-order chi connectivity index (χ0) is 24.3. The molecule has 3 aromatic carbocycles. The molecule has 0 bridgehead atoms. The quantitative estimate of drug-likeness (QED) is 0.417. The Bertz CT molecular complexity index is 1090. The molecule has 0 aliphatic rings. The molecule has 0 saturated heterocycles. The van der Waals surface area contributed by atoms with Crippen molar-refractivity contribution in [2.75, 3.05) is 13.2 Å². The maximum absolute atomic E-state index is 14.5. The van der Waals surface area contributed by atoms with Crippen LogP contribution in [0.2, 0.25) is 5.02 Å². The summed E-state index contributed by atoms with van der Waals surface area (Å²) in [5, 5.41) is 3.37. The van der Waals surface area contributed by atoms with Crippen LogP contribution in [-0.4, -0.2) is 35.9 Å². The Morgan fingerprint density at radius 1 is 1.03 bits per heavy atom. The Labute approximate surface area is 204 Å². The largest absolute Gasteiger partial charge is 0.484 e. The molecule has 3 aromatic rings. The van der Waals surface area contributed by atoms with E-state index in [0.29, 0.717) is 22.9 Å². The van der Waals surface area contributed by atoms with E-state index < -0.39 is 17.8 Å². The van der Waals surface area contributed by atoms with Gasteiger partial charge in [-0.1, -0.05) is 73.1 Å². The molecule has 0 fully saturated rings. The first-order valence-electron chi connectivity index (χ1n) is 11.2. The third-order valence-electron chi connectivity index (χ3n) is 5.28. The normalized spacial score (nSPS) is 11.5. The molecule has 1 atom stereocenters. The Morgan fingerprint density at radius 2 is 1.76 bits per heavy atom. The summed E-state index contributed by atoms with van der Waals surface area (Å²) in [6.45, 7) is 2.04. The van der Waals surface area contributed by atoms with Crippen LogP contribution in [0.4, 0.5) is 4.39 Å². The number of carbonyl (C=O) groups excluding carboxylic acids is 2. The summed E-state index contributed by atoms with van der Waals surface area (Å²) in [5.74, 6) is -0.737. The van der Waals surface area contributed by atoms with E-state index in [-0.39, 0.29) is 25.5 Å². The van der Waals surface area contributed by atoms with E-state index in [1.54, 1.807) is 42.5 Å². The molecule has 34 heavy (non-hydrogen) atoms. The van der Waals surface area contributed by atoms with Crippen LogP contribution < -0.4 is 10.1 Å². The molecule has 0 saturated carbocycles. The average molecular weight is 483 g/mol. The molecule has 0 unspecified atom stereocenters. The van der Waals surface area contributed by atoms with Crippen LogP contribution >= 0.6 is 11.6 Å². The van der Waals surface area contributed by atoms with Gasteiger partial charge in [-0.25, -0.2) is 4.39 Å². The summed E-state index contributed by atoms with van der Waals surface area (Å²) in [6, 6.07) is 21.5. The number of hydrogen-bond acceptors (Lipinski definition) is 3. The van der Waals surface area contributed by atoms with Crippen molar-refractivity contribution in [2.24, 2.45) is 0 Å². The van der Waals surface area contributed by atoms with Crippen molar-refractivity contribution in [3.05, 3.63) is 101 Å². The summed E-state index contributed by atoms with van der Waals surface area (Å²) in [4.78, 5) is 28.0. The highest BCUT2D eigenvalue weighted by atomic mass is 35.5. The van der Waals surface area contributed by atoms with E-state index in [1.807, 2.05) is 37.3 Å². The van der Waals surface area contributed by atoms with E-state index in [2.05, 4.69) is 5.32 Å². The fourth-order valence-electron chi connectivity index (χ4n) is 3.51. The van der Waals surface area contributed by atoms with Gasteiger partial charge in [0.2, 0.25) is 5.91 Å². The summed E-state index contributed by atoms with van der Waals surface area (Å²) in [5.41, 5.74) is 1.21. The minimum absolute atomic E-state index is 0.0680. The number of benzene rings is 3. The van der Waals surface area contributed by atoms with Gasteiger partial charge >= 0.3 is 0 Å². The second-order valence-corrected chi connectivity index (χ2v) is 8.29. The zero-order valence-electron chi connectivity index (χ0n) is 19.0. The minimum atomic E-state index is -0.844. The lowest BCUT2D eigenvalue weighted by atomic mass is 10.0. The van der Waals surface area contributed by atoms with E-state index >= 15 is 0 Å². The van der Waals surface area contributed by atoms with Crippen molar-refractivity contribution >= 4 is 23.4 Å². The fourth-order valence-corrected chi connectivity index (χ4v) is 3.70. The number of ether oxygens (including phenoxy) is 1. The number of halogens is 2. The molecule has 0 aliphatic heterocycles. The lowest BCUT2D eigenvalue weighted by Gasteiger charge is -2.31. The fraction of sp³-hybridized carbons (Fsp3) is 0.259. The summed E-state index contributed by atoms with van der Waals surface area (Å²) in [6.07, 6.45) is 1.04. The molecule has 3 rings (SSSR count). The molecule has 0 heterocycles. The Morgan fingerprint density at radius 3 is 2.47 bits per heavy atom. The number of nitrogens with zero attached hydrogens (tertiary/aromatic N) is 1. The molecule has 0 aromatic heterocycles. The van der Waals surface area contributed by atoms with Gasteiger partial charge in [-0.05, 0) is 36.2 Å². The first-order chi connectivity index (χ1) is 16.5. The highest BCUT2D eigenvalue weighted by Crippen LogP contribution is 2.19. The van der Waals surface area contributed by atoms with Crippen molar-refractivity contribution < 1.29 is 18.7 Å². The SMILES string of the molecule is CCCNC(=O)[C@@H](Cc1ccccc1)N(Cc1ccccc1F)C(=O)COc1cccc(Cl)c1. The lowest BCUT2D eigenvalue weighted by molar-refractivity contribution is -0.142. The molecule has 7 heteroatoms. The second kappa shape index (κ2) is 12.8. The topological polar surface area (TPSA) is 58.6 Å². The van der Waals surface area contributed by atoms with Gasteiger partial charge in [-0.2, -0.15) is 0 Å². The van der Waals surface area contributed by atoms with Crippen molar-refractivity contribution in [2.45, 2.75) is 32.4 Å². The van der Waals surface area contributed by atoms with Gasteiger partial charge in [0.1, 0.15) is 17.6 Å². The van der Waals surface area contributed by atoms with Gasteiger partial charge in [-0.15, -0.1) is 0 Å². The number of rotatable bonds is 11. The van der Waals surface area contributed by atoms with Crippen molar-refractivity contribution in [3.8, 4) is 5.75 Å². The number of nitrogens with one attached hydrogen (secondary N) is 1. The highest BCUT2D eigenvalue weighted by Gasteiger charge is 2.31. The number of hydrogen-bond donors (Lipinski definition) is 1. The standard InChI is InChI=1S/C27H28ClFN2O3/c1-2-15-30-27(33)25(16-20-9-4-3-5-10-20)31(18-21-11-6-7-14-24(21)29)26(32)19-34-23-13-8-12-22(28)17-23/h3-14,17,25H,2,15-16,18-19H2,1H3,(H,30,33)/t25-/m1/s1. The number of amides is 2. The predicted molar refractivity (Wildman–Crippen MR) is 131 cm³/mol. The molecule has 2 amide bonds. The van der Waals surface area contributed by atoms with Crippen molar-refractivity contribution in [1.29, 1.82) is 0 Å². The maximum Gasteiger partial charge on any atom is 0.261 e. The van der Waals surface area contributed by atoms with E-state index in [9.17, 15) is 14.0 Å². The van der Waals surface area contributed by atoms with Crippen LogP contribution in [0.1, 0.15) is 24.5 Å². The smallest absolute Gasteiger partial charge is 0.261 e. The van der Waals surface area contributed by atoms with E-state index in [0.717, 1.165) is 12.0 Å². The maximum atomic E-state index is 14.5. The van der Waals surface area contributed by atoms with E-state index in [1.165, 1.54) is 11.0 Å². The van der Waals surface area contributed by atoms with Gasteiger partial charge in [0.25, 0.3) is 5.91 Å². The Balaban J connectivity index is 1.90. The lowest BCUT2D eigenvalue weighted by Crippen LogP contribution is -2.51. The van der Waals surface area contributed by atoms with E-state index in [4.69, 9.17) is 16.3 Å². The first-order valence-corrected chi connectivity index (χ1v) is 11.6. The third kappa shape index (κ3) is 7.32. The molecule has 0 aliphatic carbocycles. The Kier molecular flexibility index (Phi) is 9.47. The average Bonchev–Trinajstić information content (AvgIpc) is 2.85. The van der Waals surface area contributed by atoms with Gasteiger partial charge in [0.15, 0.2) is 6.61 Å². The minimum Gasteiger partial charge on any atom is -0.484 e.